The van der Waals surface area contributed by atoms with E-state index in [1.54, 1.807) is 19.9 Å². The molecule has 0 saturated carbocycles. The van der Waals surface area contributed by atoms with Gasteiger partial charge in [0.2, 0.25) is 0 Å². The van der Waals surface area contributed by atoms with Crippen molar-refractivity contribution in [2.24, 2.45) is 11.3 Å². The molecule has 0 aromatic rings. The van der Waals surface area contributed by atoms with Crippen LogP contribution >= 0.6 is 0 Å². The minimum absolute atomic E-state index is 0.0444. The molecule has 0 aromatic heterocycles. The van der Waals surface area contributed by atoms with Crippen molar-refractivity contribution < 1.29 is 10.2 Å². The molecule has 70 valence electrons. The number of rotatable bonds is 3. The zero-order chi connectivity index (χ0) is 9.94. The summed E-state index contributed by atoms with van der Waals surface area (Å²) in [5.41, 5.74) is -0.761. The van der Waals surface area contributed by atoms with Crippen LogP contribution < -0.4 is 0 Å². The Kier molecular flexibility index (Phi) is 3.69. The summed E-state index contributed by atoms with van der Waals surface area (Å²) in [5.74, 6) is 0.0444. The predicted molar refractivity (Wildman–Crippen MR) is 46.2 cm³/mol. The van der Waals surface area contributed by atoms with Gasteiger partial charge in [0.05, 0.1) is 12.2 Å². The molecule has 0 saturated heterocycles. The van der Waals surface area contributed by atoms with Gasteiger partial charge in [0.25, 0.3) is 0 Å². The smallest absolute Gasteiger partial charge is 0.148 e. The van der Waals surface area contributed by atoms with Gasteiger partial charge < -0.3 is 10.2 Å². The summed E-state index contributed by atoms with van der Waals surface area (Å²) in [7, 11) is 0. The average Bonchev–Trinajstić information content (AvgIpc) is 2.01. The second kappa shape index (κ2) is 3.88. The van der Waals surface area contributed by atoms with Crippen LogP contribution in [0, 0.1) is 22.7 Å². The van der Waals surface area contributed by atoms with Gasteiger partial charge in [0.1, 0.15) is 6.10 Å². The largest absolute Gasteiger partial charge is 0.392 e. The number of hydrogen-bond acceptors (Lipinski definition) is 3. The predicted octanol–water partition coefficient (Wildman–Crippen LogP) is 0.914. The van der Waals surface area contributed by atoms with Crippen LogP contribution in [0.3, 0.4) is 0 Å². The fourth-order valence-electron chi connectivity index (χ4n) is 1.19. The van der Waals surface area contributed by atoms with Crippen LogP contribution in [0.4, 0.5) is 0 Å². The summed E-state index contributed by atoms with van der Waals surface area (Å²) < 4.78 is 0. The highest BCUT2D eigenvalue weighted by Gasteiger charge is 2.37. The standard InChI is InChI=1S/C9H17NO2/c1-6(2)8(12)9(3,4)7(11)5-10/h6-8,11-12H,1-4H3/t7-,8+/m1/s1. The van der Waals surface area contributed by atoms with Gasteiger partial charge >= 0.3 is 0 Å². The van der Waals surface area contributed by atoms with Crippen LogP contribution in [-0.2, 0) is 0 Å². The molecule has 3 heteroatoms. The van der Waals surface area contributed by atoms with Gasteiger partial charge in [0.15, 0.2) is 0 Å². The number of hydrogen-bond donors (Lipinski definition) is 2. The molecule has 0 spiro atoms. The summed E-state index contributed by atoms with van der Waals surface area (Å²) in [6.07, 6.45) is -1.78. The van der Waals surface area contributed by atoms with Gasteiger partial charge in [-0.2, -0.15) is 5.26 Å². The summed E-state index contributed by atoms with van der Waals surface area (Å²) in [5, 5.41) is 27.4. The van der Waals surface area contributed by atoms with E-state index in [0.717, 1.165) is 0 Å². The Morgan fingerprint density at radius 2 is 1.67 bits per heavy atom. The maximum atomic E-state index is 9.64. The maximum Gasteiger partial charge on any atom is 0.148 e. The first-order valence-corrected chi connectivity index (χ1v) is 4.09. The molecule has 0 unspecified atom stereocenters. The van der Waals surface area contributed by atoms with Crippen LogP contribution in [0.5, 0.6) is 0 Å². The molecule has 0 bridgehead atoms. The Bertz CT molecular complexity index is 181. The van der Waals surface area contributed by atoms with Crippen LogP contribution in [-0.4, -0.2) is 22.4 Å². The number of aliphatic hydroxyl groups is 2. The normalized spacial score (nSPS) is 17.2. The first kappa shape index (κ1) is 11.4. The molecule has 0 aliphatic rings. The van der Waals surface area contributed by atoms with E-state index >= 15 is 0 Å². The molecule has 0 radical (unpaired) electrons. The summed E-state index contributed by atoms with van der Waals surface area (Å²) in [6.45, 7) is 7.09. The van der Waals surface area contributed by atoms with E-state index in [1.165, 1.54) is 0 Å². The first-order valence-electron chi connectivity index (χ1n) is 4.09. The zero-order valence-corrected chi connectivity index (χ0v) is 8.07. The zero-order valence-electron chi connectivity index (χ0n) is 8.07. The Balaban J connectivity index is 4.51. The van der Waals surface area contributed by atoms with Crippen molar-refractivity contribution in [2.75, 3.05) is 0 Å². The van der Waals surface area contributed by atoms with E-state index in [0.29, 0.717) is 0 Å². The van der Waals surface area contributed by atoms with Gasteiger partial charge in [-0.1, -0.05) is 27.7 Å². The molecule has 12 heavy (non-hydrogen) atoms. The Labute approximate surface area is 73.6 Å². The lowest BCUT2D eigenvalue weighted by molar-refractivity contribution is -0.0459. The molecular weight excluding hydrogens is 154 g/mol. The first-order chi connectivity index (χ1) is 5.34. The molecule has 2 atom stereocenters. The second-order valence-electron chi connectivity index (χ2n) is 4.04. The molecule has 0 heterocycles. The highest BCUT2D eigenvalue weighted by atomic mass is 16.3. The lowest BCUT2D eigenvalue weighted by atomic mass is 9.77. The van der Waals surface area contributed by atoms with Crippen LogP contribution in [0.1, 0.15) is 27.7 Å². The van der Waals surface area contributed by atoms with Crippen LogP contribution in [0.25, 0.3) is 0 Å². The monoisotopic (exact) mass is 171 g/mol. The van der Waals surface area contributed by atoms with Crippen molar-refractivity contribution in [1.29, 1.82) is 5.26 Å². The van der Waals surface area contributed by atoms with E-state index in [4.69, 9.17) is 5.26 Å². The minimum atomic E-state index is -1.12. The van der Waals surface area contributed by atoms with Crippen molar-refractivity contribution in [2.45, 2.75) is 39.9 Å². The van der Waals surface area contributed by atoms with E-state index < -0.39 is 17.6 Å². The van der Waals surface area contributed by atoms with Crippen molar-refractivity contribution in [3.63, 3.8) is 0 Å². The lowest BCUT2D eigenvalue weighted by Crippen LogP contribution is -2.42. The van der Waals surface area contributed by atoms with Crippen molar-refractivity contribution in [1.82, 2.24) is 0 Å². The van der Waals surface area contributed by atoms with Crippen LogP contribution in [0.15, 0.2) is 0 Å². The van der Waals surface area contributed by atoms with Crippen molar-refractivity contribution >= 4 is 0 Å². The van der Waals surface area contributed by atoms with Crippen LogP contribution in [0.2, 0.25) is 0 Å². The average molecular weight is 171 g/mol. The molecule has 0 fully saturated rings. The molecule has 0 rings (SSSR count). The van der Waals surface area contributed by atoms with E-state index in [-0.39, 0.29) is 5.92 Å². The SMILES string of the molecule is CC(C)[C@H](O)C(C)(C)[C@H](O)C#N. The third-order valence-corrected chi connectivity index (χ3v) is 2.22. The number of aliphatic hydroxyl groups excluding tert-OH is 2. The van der Waals surface area contributed by atoms with Gasteiger partial charge in [-0.25, -0.2) is 0 Å². The lowest BCUT2D eigenvalue weighted by Gasteiger charge is -2.34. The summed E-state index contributed by atoms with van der Waals surface area (Å²) in [6, 6.07) is 1.74. The summed E-state index contributed by atoms with van der Waals surface area (Å²) in [4.78, 5) is 0. The van der Waals surface area contributed by atoms with Gasteiger partial charge in [0, 0.05) is 5.41 Å². The van der Waals surface area contributed by atoms with E-state index in [1.807, 2.05) is 13.8 Å². The van der Waals surface area contributed by atoms with Crippen molar-refractivity contribution in [3.05, 3.63) is 0 Å². The highest BCUT2D eigenvalue weighted by molar-refractivity contribution is 4.98. The fraction of sp³-hybridized carbons (Fsp3) is 0.889. The fourth-order valence-corrected chi connectivity index (χ4v) is 1.19. The maximum absolute atomic E-state index is 9.64. The topological polar surface area (TPSA) is 64.2 Å². The molecule has 0 aliphatic carbocycles. The van der Waals surface area contributed by atoms with Gasteiger partial charge in [-0.05, 0) is 5.92 Å². The molecule has 0 amide bonds. The molecule has 0 aromatic carbocycles. The summed E-state index contributed by atoms with van der Waals surface area (Å²) >= 11 is 0. The van der Waals surface area contributed by atoms with Gasteiger partial charge in [-0.3, -0.25) is 0 Å². The Hall–Kier alpha value is -0.590. The number of nitrogens with zero attached hydrogens (tertiary/aromatic N) is 1. The minimum Gasteiger partial charge on any atom is -0.392 e. The quantitative estimate of drug-likeness (QED) is 0.620. The molecule has 3 nitrogen and oxygen atoms in total. The second-order valence-corrected chi connectivity index (χ2v) is 4.04. The number of nitriles is 1. The van der Waals surface area contributed by atoms with E-state index in [2.05, 4.69) is 0 Å². The third-order valence-electron chi connectivity index (χ3n) is 2.22. The highest BCUT2D eigenvalue weighted by Crippen LogP contribution is 2.29. The Morgan fingerprint density at radius 1 is 1.25 bits per heavy atom. The third kappa shape index (κ3) is 2.20. The van der Waals surface area contributed by atoms with Crippen molar-refractivity contribution in [3.8, 4) is 6.07 Å². The molecular formula is C9H17NO2. The molecule has 0 aliphatic heterocycles. The van der Waals surface area contributed by atoms with E-state index in [9.17, 15) is 10.2 Å². The Morgan fingerprint density at radius 3 is 1.92 bits per heavy atom. The van der Waals surface area contributed by atoms with Gasteiger partial charge in [-0.15, -0.1) is 0 Å². The molecule has 2 N–H and O–H groups in total.